The molecule has 112 valence electrons. The summed E-state index contributed by atoms with van der Waals surface area (Å²) in [6.07, 6.45) is 1.16. The highest BCUT2D eigenvalue weighted by atomic mass is 35.5. The molecular formula is C12H9ClF2N2O3S. The van der Waals surface area contributed by atoms with Gasteiger partial charge in [-0.25, -0.2) is 13.8 Å². The van der Waals surface area contributed by atoms with Crippen LogP contribution in [0, 0.1) is 11.6 Å². The molecule has 0 fully saturated rings. The number of halogens is 3. The molecule has 2 rings (SSSR count). The van der Waals surface area contributed by atoms with Crippen LogP contribution in [-0.2, 0) is 16.6 Å². The Bertz CT molecular complexity index is 744. The second-order valence-electron chi connectivity index (χ2n) is 4.01. The number of anilines is 1. The topological polar surface area (TPSA) is 79.3 Å². The smallest absolute Gasteiger partial charge is 0.279 e. The van der Waals surface area contributed by atoms with Crippen LogP contribution in [0.25, 0.3) is 0 Å². The molecule has 1 aromatic heterocycles. The molecule has 0 amide bonds. The lowest BCUT2D eigenvalue weighted by atomic mass is 10.3. The van der Waals surface area contributed by atoms with Crippen LogP contribution in [0.1, 0.15) is 5.56 Å². The number of rotatable bonds is 4. The molecule has 1 heterocycles. The number of hydrogen-bond donors (Lipinski definition) is 2. The highest BCUT2D eigenvalue weighted by molar-refractivity contribution is 7.92. The summed E-state index contributed by atoms with van der Waals surface area (Å²) in [6.45, 7) is -0.292. The van der Waals surface area contributed by atoms with Crippen LogP contribution < -0.4 is 4.72 Å². The van der Waals surface area contributed by atoms with Crippen LogP contribution >= 0.6 is 11.6 Å². The minimum Gasteiger partial charge on any atom is -0.392 e. The van der Waals surface area contributed by atoms with E-state index >= 15 is 0 Å². The van der Waals surface area contributed by atoms with E-state index in [2.05, 4.69) is 4.98 Å². The monoisotopic (exact) mass is 334 g/mol. The zero-order valence-electron chi connectivity index (χ0n) is 10.3. The van der Waals surface area contributed by atoms with Gasteiger partial charge in [0.05, 0.1) is 11.6 Å². The highest BCUT2D eigenvalue weighted by Crippen LogP contribution is 2.28. The SMILES string of the molecule is O=S(=O)(Nc1c(F)cc(F)cc1Cl)c1ccc(CO)cn1. The fourth-order valence-corrected chi connectivity index (χ4v) is 2.81. The number of aromatic nitrogens is 1. The maximum Gasteiger partial charge on any atom is 0.279 e. The fourth-order valence-electron chi connectivity index (χ4n) is 1.49. The van der Waals surface area contributed by atoms with Gasteiger partial charge in [-0.3, -0.25) is 4.72 Å². The molecule has 0 saturated heterocycles. The van der Waals surface area contributed by atoms with Gasteiger partial charge in [0.2, 0.25) is 0 Å². The molecule has 0 unspecified atom stereocenters. The Morgan fingerprint density at radius 3 is 2.52 bits per heavy atom. The number of benzene rings is 1. The van der Waals surface area contributed by atoms with E-state index < -0.39 is 32.4 Å². The number of nitrogens with one attached hydrogen (secondary N) is 1. The van der Waals surface area contributed by atoms with Crippen LogP contribution in [0.15, 0.2) is 35.5 Å². The number of aliphatic hydroxyl groups excluding tert-OH is 1. The average molecular weight is 335 g/mol. The lowest BCUT2D eigenvalue weighted by Crippen LogP contribution is -2.16. The first-order chi connectivity index (χ1) is 9.83. The van der Waals surface area contributed by atoms with Gasteiger partial charge >= 0.3 is 0 Å². The molecule has 2 N–H and O–H groups in total. The van der Waals surface area contributed by atoms with Gasteiger partial charge in [-0.15, -0.1) is 0 Å². The minimum atomic E-state index is -4.19. The third kappa shape index (κ3) is 3.46. The van der Waals surface area contributed by atoms with E-state index in [1.807, 2.05) is 4.72 Å². The summed E-state index contributed by atoms with van der Waals surface area (Å²) in [7, 11) is -4.19. The molecule has 0 aliphatic heterocycles. The minimum absolute atomic E-state index is 0.292. The molecule has 2 aromatic rings. The van der Waals surface area contributed by atoms with E-state index in [-0.39, 0.29) is 11.6 Å². The van der Waals surface area contributed by atoms with Gasteiger partial charge in [0.15, 0.2) is 10.8 Å². The number of pyridine rings is 1. The fraction of sp³-hybridized carbons (Fsp3) is 0.0833. The van der Waals surface area contributed by atoms with Gasteiger partial charge in [0.1, 0.15) is 11.5 Å². The van der Waals surface area contributed by atoms with Gasteiger partial charge < -0.3 is 5.11 Å². The predicted octanol–water partition coefficient (Wildman–Crippen LogP) is 2.31. The highest BCUT2D eigenvalue weighted by Gasteiger charge is 2.20. The Hall–Kier alpha value is -1.77. The Morgan fingerprint density at radius 2 is 2.00 bits per heavy atom. The maximum atomic E-state index is 13.6. The summed E-state index contributed by atoms with van der Waals surface area (Å²) in [5.74, 6) is -2.07. The Morgan fingerprint density at radius 1 is 1.29 bits per heavy atom. The van der Waals surface area contributed by atoms with Crippen LogP contribution in [0.2, 0.25) is 5.02 Å². The number of sulfonamides is 1. The first-order valence-corrected chi connectivity index (χ1v) is 7.43. The zero-order chi connectivity index (χ0) is 15.6. The summed E-state index contributed by atoms with van der Waals surface area (Å²) in [4.78, 5) is 3.64. The van der Waals surface area contributed by atoms with E-state index in [1.54, 1.807) is 0 Å². The zero-order valence-corrected chi connectivity index (χ0v) is 11.9. The molecule has 0 aliphatic carbocycles. The van der Waals surface area contributed by atoms with Crippen molar-refractivity contribution in [2.75, 3.05) is 4.72 Å². The first kappa shape index (κ1) is 15.6. The summed E-state index contributed by atoms with van der Waals surface area (Å²) in [6, 6.07) is 3.78. The van der Waals surface area contributed by atoms with Crippen molar-refractivity contribution < 1.29 is 22.3 Å². The molecule has 0 saturated carbocycles. The second kappa shape index (κ2) is 5.92. The number of aliphatic hydroxyl groups is 1. The van der Waals surface area contributed by atoms with Gasteiger partial charge in [-0.1, -0.05) is 17.7 Å². The van der Waals surface area contributed by atoms with Gasteiger partial charge in [0.25, 0.3) is 10.0 Å². The van der Waals surface area contributed by atoms with E-state index in [0.29, 0.717) is 11.6 Å². The molecule has 1 aromatic carbocycles. The molecule has 0 bridgehead atoms. The van der Waals surface area contributed by atoms with E-state index in [4.69, 9.17) is 16.7 Å². The Labute approximate surface area is 124 Å². The second-order valence-corrected chi connectivity index (χ2v) is 6.05. The van der Waals surface area contributed by atoms with Crippen molar-refractivity contribution in [3.63, 3.8) is 0 Å². The molecular weight excluding hydrogens is 326 g/mol. The van der Waals surface area contributed by atoms with Gasteiger partial charge in [-0.05, 0) is 17.7 Å². The molecule has 0 aliphatic rings. The van der Waals surface area contributed by atoms with Crippen molar-refractivity contribution in [3.05, 3.63) is 52.7 Å². The number of nitrogens with zero attached hydrogens (tertiary/aromatic N) is 1. The molecule has 21 heavy (non-hydrogen) atoms. The Kier molecular flexibility index (Phi) is 4.40. The average Bonchev–Trinajstić information content (AvgIpc) is 2.43. The lowest BCUT2D eigenvalue weighted by Gasteiger charge is -2.10. The van der Waals surface area contributed by atoms with Crippen LogP contribution in [-0.4, -0.2) is 18.5 Å². The largest absolute Gasteiger partial charge is 0.392 e. The van der Waals surface area contributed by atoms with E-state index in [1.165, 1.54) is 6.07 Å². The van der Waals surface area contributed by atoms with Crippen LogP contribution in [0.4, 0.5) is 14.5 Å². The molecule has 0 radical (unpaired) electrons. The third-order valence-corrected chi connectivity index (χ3v) is 4.06. The summed E-state index contributed by atoms with van der Waals surface area (Å²) in [5, 5.41) is 8.05. The predicted molar refractivity (Wildman–Crippen MR) is 72.3 cm³/mol. The van der Waals surface area contributed by atoms with Gasteiger partial charge in [-0.2, -0.15) is 8.42 Å². The van der Waals surface area contributed by atoms with Crippen molar-refractivity contribution in [2.45, 2.75) is 11.6 Å². The molecule has 0 atom stereocenters. The van der Waals surface area contributed by atoms with Crippen molar-refractivity contribution in [2.24, 2.45) is 0 Å². The van der Waals surface area contributed by atoms with E-state index in [0.717, 1.165) is 18.3 Å². The number of hydrogen-bond acceptors (Lipinski definition) is 4. The molecule has 9 heteroatoms. The summed E-state index contributed by atoms with van der Waals surface area (Å²) >= 11 is 5.62. The van der Waals surface area contributed by atoms with E-state index in [9.17, 15) is 17.2 Å². The normalized spacial score (nSPS) is 11.4. The third-order valence-electron chi connectivity index (χ3n) is 2.50. The Balaban J connectivity index is 2.37. The van der Waals surface area contributed by atoms with Gasteiger partial charge in [0, 0.05) is 12.3 Å². The summed E-state index contributed by atoms with van der Waals surface area (Å²) in [5.41, 5.74) is -0.147. The van der Waals surface area contributed by atoms with Crippen molar-refractivity contribution >= 4 is 27.3 Å². The van der Waals surface area contributed by atoms with Crippen LogP contribution in [0.3, 0.4) is 0 Å². The lowest BCUT2D eigenvalue weighted by molar-refractivity contribution is 0.281. The standard InChI is InChI=1S/C12H9ClF2N2O3S/c13-9-3-8(14)4-10(15)12(9)17-21(19,20)11-2-1-7(6-18)5-16-11/h1-5,17-18H,6H2. The first-order valence-electron chi connectivity index (χ1n) is 5.56. The van der Waals surface area contributed by atoms with Crippen molar-refractivity contribution in [1.29, 1.82) is 0 Å². The van der Waals surface area contributed by atoms with Crippen molar-refractivity contribution in [1.82, 2.24) is 4.98 Å². The maximum absolute atomic E-state index is 13.6. The summed E-state index contributed by atoms with van der Waals surface area (Å²) < 4.78 is 52.5. The molecule has 5 nitrogen and oxygen atoms in total. The van der Waals surface area contributed by atoms with Crippen molar-refractivity contribution in [3.8, 4) is 0 Å². The molecule has 0 spiro atoms. The van der Waals surface area contributed by atoms with Crippen LogP contribution in [0.5, 0.6) is 0 Å². The quantitative estimate of drug-likeness (QED) is 0.899.